The average molecular weight is 627 g/mol. The molecule has 3 fully saturated rings. The summed E-state index contributed by atoms with van der Waals surface area (Å²) in [5.41, 5.74) is -0.612. The lowest BCUT2D eigenvalue weighted by Crippen LogP contribution is -2.54. The molecule has 248 valence electrons. The van der Waals surface area contributed by atoms with Gasteiger partial charge in [-0.2, -0.15) is 4.98 Å². The molecule has 0 spiro atoms. The maximum absolute atomic E-state index is 12.8. The maximum Gasteiger partial charge on any atom is 0.408 e. The van der Waals surface area contributed by atoms with Gasteiger partial charge in [0.1, 0.15) is 17.7 Å². The van der Waals surface area contributed by atoms with E-state index in [-0.39, 0.29) is 23.9 Å². The van der Waals surface area contributed by atoms with E-state index in [1.807, 2.05) is 31.7 Å². The summed E-state index contributed by atoms with van der Waals surface area (Å²) in [7, 11) is 0. The van der Waals surface area contributed by atoms with E-state index in [4.69, 9.17) is 14.0 Å². The van der Waals surface area contributed by atoms with Gasteiger partial charge >= 0.3 is 12.1 Å². The zero-order valence-electron chi connectivity index (χ0n) is 27.7. The number of hydrogen-bond acceptors (Lipinski definition) is 11. The molecule has 3 aliphatic heterocycles. The highest BCUT2D eigenvalue weighted by Gasteiger charge is 2.41. The number of amides is 2. The van der Waals surface area contributed by atoms with Crippen LogP contribution in [0.25, 0.3) is 0 Å². The summed E-state index contributed by atoms with van der Waals surface area (Å²) >= 11 is 0. The van der Waals surface area contributed by atoms with Gasteiger partial charge in [-0.15, -0.1) is 0 Å². The smallest absolute Gasteiger partial charge is 0.408 e. The number of aromatic nitrogens is 4. The van der Waals surface area contributed by atoms with Crippen LogP contribution in [0, 0.1) is 11.8 Å². The van der Waals surface area contributed by atoms with Gasteiger partial charge in [-0.3, -0.25) is 4.79 Å². The molecule has 1 N–H and O–H groups in total. The van der Waals surface area contributed by atoms with E-state index in [9.17, 15) is 9.59 Å². The zero-order valence-corrected chi connectivity index (χ0v) is 27.7. The van der Waals surface area contributed by atoms with Crippen molar-refractivity contribution in [2.24, 2.45) is 11.8 Å². The molecule has 0 aliphatic carbocycles. The fourth-order valence-corrected chi connectivity index (χ4v) is 6.48. The predicted octanol–water partition coefficient (Wildman–Crippen LogP) is 4.40. The minimum atomic E-state index is -0.612. The number of nitrogens with zero attached hydrogens (tertiary/aromatic N) is 7. The lowest BCUT2D eigenvalue weighted by Gasteiger charge is -2.35. The third kappa shape index (κ3) is 8.55. The number of carbonyl (C=O) groups excluding carboxylic acids is 2. The van der Waals surface area contributed by atoms with E-state index in [2.05, 4.69) is 56.0 Å². The van der Waals surface area contributed by atoms with Crippen LogP contribution < -0.4 is 19.9 Å². The minimum absolute atomic E-state index is 0.130. The number of nitrogens with one attached hydrogen (secondary N) is 1. The van der Waals surface area contributed by atoms with E-state index in [0.29, 0.717) is 62.2 Å². The second-order valence-corrected chi connectivity index (χ2v) is 14.0. The highest BCUT2D eigenvalue weighted by Crippen LogP contribution is 2.30. The lowest BCUT2D eigenvalue weighted by atomic mass is 9.84. The van der Waals surface area contributed by atoms with Crippen molar-refractivity contribution in [3.05, 3.63) is 18.2 Å². The third-order valence-electron chi connectivity index (χ3n) is 9.09. The first-order valence-electron chi connectivity index (χ1n) is 16.5. The van der Waals surface area contributed by atoms with Crippen LogP contribution in [-0.4, -0.2) is 94.0 Å². The molecule has 3 aliphatic rings. The fraction of sp³-hybridized carbons (Fsp3) is 0.750. The SMILES string of the molecule is CC(C)c1noc(N2CCC(C(C)CCOc3cc(N4C[C@H](NC(=O)OC(C)(C)C)[C@@H](N5CCCCC5=O)C4)ncn3)CC2)n1. The highest BCUT2D eigenvalue weighted by molar-refractivity contribution is 5.78. The molecule has 0 bridgehead atoms. The minimum Gasteiger partial charge on any atom is -0.478 e. The number of anilines is 2. The van der Waals surface area contributed by atoms with Gasteiger partial charge in [-0.05, 0) is 64.7 Å². The summed E-state index contributed by atoms with van der Waals surface area (Å²) < 4.78 is 17.1. The Balaban J connectivity index is 1.13. The van der Waals surface area contributed by atoms with E-state index >= 15 is 0 Å². The number of hydrogen-bond donors (Lipinski definition) is 1. The molecule has 0 radical (unpaired) electrons. The Morgan fingerprint density at radius 3 is 2.56 bits per heavy atom. The Bertz CT molecular complexity index is 1290. The molecular formula is C32H50N8O5. The summed E-state index contributed by atoms with van der Waals surface area (Å²) in [6, 6.07) is 2.02. The molecule has 45 heavy (non-hydrogen) atoms. The maximum atomic E-state index is 12.8. The van der Waals surface area contributed by atoms with Gasteiger partial charge < -0.3 is 34.0 Å². The zero-order chi connectivity index (χ0) is 32.1. The molecule has 0 aromatic carbocycles. The van der Waals surface area contributed by atoms with Crippen molar-refractivity contribution in [1.82, 2.24) is 30.3 Å². The standard InChI is InChI=1S/C32H50N8O5/c1-21(2)29-36-30(45-37-29)38-14-10-23(11-15-38)22(3)12-16-43-27-17-26(33-20-34-27)39-18-24(35-31(42)44-32(4,5)6)25(19-39)40-13-8-7-9-28(40)41/h17,20-25H,7-16,18-19H2,1-6H3,(H,35,42)/t22?,24-,25-/m0/s1. The highest BCUT2D eigenvalue weighted by atomic mass is 16.6. The first-order chi connectivity index (χ1) is 21.5. The van der Waals surface area contributed by atoms with Crippen LogP contribution in [0.1, 0.15) is 91.8 Å². The van der Waals surface area contributed by atoms with Crippen LogP contribution in [-0.2, 0) is 9.53 Å². The van der Waals surface area contributed by atoms with Crippen LogP contribution in [0.2, 0.25) is 0 Å². The summed E-state index contributed by atoms with van der Waals surface area (Å²) in [6.45, 7) is 16.1. The molecule has 1 unspecified atom stereocenters. The number of piperidine rings is 2. The summed E-state index contributed by atoms with van der Waals surface area (Å²) in [5, 5.41) is 7.13. The summed E-state index contributed by atoms with van der Waals surface area (Å²) in [5.74, 6) is 3.48. The fourth-order valence-electron chi connectivity index (χ4n) is 6.48. The van der Waals surface area contributed by atoms with E-state index in [1.54, 1.807) is 0 Å². The second kappa shape index (κ2) is 14.2. The Hall–Kier alpha value is -3.64. The Labute approximate surface area is 266 Å². The number of carbonyl (C=O) groups is 2. The van der Waals surface area contributed by atoms with Gasteiger partial charge in [0, 0.05) is 51.1 Å². The topological polar surface area (TPSA) is 139 Å². The van der Waals surface area contributed by atoms with Gasteiger partial charge in [0.15, 0.2) is 5.82 Å². The molecule has 2 aromatic rings. The van der Waals surface area contributed by atoms with Crippen molar-refractivity contribution in [2.75, 3.05) is 49.1 Å². The molecule has 2 aromatic heterocycles. The molecular weight excluding hydrogens is 576 g/mol. The Kier molecular flexibility index (Phi) is 10.3. The van der Waals surface area contributed by atoms with Crippen LogP contribution in [0.5, 0.6) is 5.88 Å². The summed E-state index contributed by atoms with van der Waals surface area (Å²) in [4.78, 5) is 45.2. The molecule has 2 amide bonds. The molecule has 0 saturated carbocycles. The van der Waals surface area contributed by atoms with Gasteiger partial charge in [0.05, 0.1) is 18.7 Å². The van der Waals surface area contributed by atoms with Crippen LogP contribution in [0.15, 0.2) is 16.9 Å². The van der Waals surface area contributed by atoms with Gasteiger partial charge in [0.25, 0.3) is 0 Å². The van der Waals surface area contributed by atoms with Crippen molar-refractivity contribution in [3.8, 4) is 5.88 Å². The van der Waals surface area contributed by atoms with Crippen molar-refractivity contribution in [2.45, 2.75) is 104 Å². The largest absolute Gasteiger partial charge is 0.478 e. The van der Waals surface area contributed by atoms with Crippen LogP contribution in [0.4, 0.5) is 16.6 Å². The van der Waals surface area contributed by atoms with E-state index in [0.717, 1.165) is 51.0 Å². The van der Waals surface area contributed by atoms with Gasteiger partial charge in [-0.1, -0.05) is 25.9 Å². The number of rotatable bonds is 10. The number of alkyl carbamates (subject to hydrolysis) is 1. The molecule has 5 heterocycles. The van der Waals surface area contributed by atoms with Crippen molar-refractivity contribution >= 4 is 23.8 Å². The van der Waals surface area contributed by atoms with Crippen LogP contribution in [0.3, 0.4) is 0 Å². The van der Waals surface area contributed by atoms with Gasteiger partial charge in [-0.25, -0.2) is 14.8 Å². The first kappa shape index (κ1) is 32.7. The Morgan fingerprint density at radius 2 is 1.87 bits per heavy atom. The average Bonchev–Trinajstić information content (AvgIpc) is 3.65. The predicted molar refractivity (Wildman–Crippen MR) is 169 cm³/mol. The normalized spacial score (nSPS) is 22.2. The molecule has 3 atom stereocenters. The lowest BCUT2D eigenvalue weighted by molar-refractivity contribution is -0.135. The first-order valence-corrected chi connectivity index (χ1v) is 16.5. The van der Waals surface area contributed by atoms with E-state index in [1.165, 1.54) is 6.33 Å². The molecule has 3 saturated heterocycles. The van der Waals surface area contributed by atoms with Crippen molar-refractivity contribution < 1.29 is 23.6 Å². The number of ether oxygens (including phenoxy) is 2. The molecule has 5 rings (SSSR count). The van der Waals surface area contributed by atoms with Gasteiger partial charge in [0.2, 0.25) is 11.8 Å². The molecule has 13 heteroatoms. The van der Waals surface area contributed by atoms with Crippen molar-refractivity contribution in [3.63, 3.8) is 0 Å². The van der Waals surface area contributed by atoms with Crippen molar-refractivity contribution in [1.29, 1.82) is 0 Å². The quantitative estimate of drug-likeness (QED) is 0.401. The van der Waals surface area contributed by atoms with Crippen LogP contribution >= 0.6 is 0 Å². The second-order valence-electron chi connectivity index (χ2n) is 14.0. The molecule has 13 nitrogen and oxygen atoms in total. The number of likely N-dealkylation sites (tertiary alicyclic amines) is 1. The van der Waals surface area contributed by atoms with E-state index < -0.39 is 11.7 Å². The monoisotopic (exact) mass is 626 g/mol. The summed E-state index contributed by atoms with van der Waals surface area (Å²) in [6.07, 6.45) is 6.51. The Morgan fingerprint density at radius 1 is 1.09 bits per heavy atom. The third-order valence-corrected chi connectivity index (χ3v) is 9.09.